The minimum Gasteiger partial charge on any atom is -0.378 e. The summed E-state index contributed by atoms with van der Waals surface area (Å²) in [5.41, 5.74) is 12.9. The lowest BCUT2D eigenvalue weighted by Gasteiger charge is -2.43. The number of anilines is 2. The number of rotatable bonds is 3. The largest absolute Gasteiger partial charge is 0.378 e. The molecule has 0 bridgehead atoms. The lowest BCUT2D eigenvalue weighted by atomic mass is 9.99. The number of hydrogen-bond acceptors (Lipinski definition) is 7. The van der Waals surface area contributed by atoms with Crippen LogP contribution < -0.4 is 15.5 Å². The fourth-order valence-corrected chi connectivity index (χ4v) is 6.09. The number of nitrogens with zero attached hydrogens (tertiary/aromatic N) is 5. The monoisotopic (exact) mass is 454 g/mol. The summed E-state index contributed by atoms with van der Waals surface area (Å²) in [5, 5.41) is 10.6. The molecule has 1 unspecified atom stereocenters. The van der Waals surface area contributed by atoms with E-state index in [0.717, 1.165) is 49.3 Å². The Morgan fingerprint density at radius 3 is 2.76 bits per heavy atom. The molecule has 34 heavy (non-hydrogen) atoms. The zero-order chi connectivity index (χ0) is 23.4. The van der Waals surface area contributed by atoms with Gasteiger partial charge in [0.05, 0.1) is 29.3 Å². The molecule has 4 atom stereocenters. The first kappa shape index (κ1) is 21.4. The van der Waals surface area contributed by atoms with Gasteiger partial charge in [-0.25, -0.2) is 0 Å². The zero-order valence-corrected chi connectivity index (χ0v) is 19.7. The predicted octanol–water partition coefficient (Wildman–Crippen LogP) is 3.03. The molecule has 3 aliphatic rings. The molecular formula is C27H30N6O. The number of ether oxygens (including phenoxy) is 1. The average Bonchev–Trinajstić information content (AvgIpc) is 3.43. The molecule has 0 radical (unpaired) electrons. The van der Waals surface area contributed by atoms with Gasteiger partial charge in [0.2, 0.25) is 0 Å². The van der Waals surface area contributed by atoms with E-state index in [9.17, 15) is 5.26 Å². The Morgan fingerprint density at radius 2 is 1.97 bits per heavy atom. The number of hydrogen-bond donors (Lipinski definition) is 1. The van der Waals surface area contributed by atoms with Crippen LogP contribution in [0.1, 0.15) is 29.7 Å². The third kappa shape index (κ3) is 3.33. The van der Waals surface area contributed by atoms with Gasteiger partial charge in [0.1, 0.15) is 6.07 Å². The van der Waals surface area contributed by atoms with E-state index < -0.39 is 0 Å². The third-order valence-electron chi connectivity index (χ3n) is 7.87. The maximum Gasteiger partial charge on any atom is 0.101 e. The molecule has 2 N–H and O–H groups in total. The normalized spacial score (nSPS) is 26.5. The topological polar surface area (TPSA) is 81.7 Å². The van der Waals surface area contributed by atoms with E-state index in [0.29, 0.717) is 17.6 Å². The van der Waals surface area contributed by atoms with Gasteiger partial charge in [0, 0.05) is 68.8 Å². The summed E-state index contributed by atoms with van der Waals surface area (Å²) < 4.78 is 5.56. The van der Waals surface area contributed by atoms with Gasteiger partial charge in [0.15, 0.2) is 0 Å². The van der Waals surface area contributed by atoms with E-state index in [4.69, 9.17) is 10.5 Å². The van der Waals surface area contributed by atoms with Gasteiger partial charge in [-0.3, -0.25) is 9.88 Å². The highest BCUT2D eigenvalue weighted by Gasteiger charge is 2.40. The molecule has 2 saturated heterocycles. The molecule has 7 heteroatoms. The average molecular weight is 455 g/mol. The molecular weight excluding hydrogens is 424 g/mol. The summed E-state index contributed by atoms with van der Waals surface area (Å²) in [6.07, 6.45) is 1.85. The number of aromatic nitrogens is 1. The number of piperazine rings is 1. The summed E-state index contributed by atoms with van der Waals surface area (Å²) in [5.74, 6) is 0. The summed E-state index contributed by atoms with van der Waals surface area (Å²) in [4.78, 5) is 12.0. The van der Waals surface area contributed by atoms with Gasteiger partial charge in [-0.05, 0) is 54.4 Å². The number of fused-ring (bicyclic) bond motifs is 4. The Kier molecular flexibility index (Phi) is 5.18. The van der Waals surface area contributed by atoms with Crippen molar-refractivity contribution in [2.75, 3.05) is 43.1 Å². The van der Waals surface area contributed by atoms with Gasteiger partial charge in [-0.1, -0.05) is 6.07 Å². The molecule has 0 spiro atoms. The van der Waals surface area contributed by atoms with Crippen LogP contribution >= 0.6 is 0 Å². The molecule has 6 rings (SSSR count). The Balaban J connectivity index is 1.31. The predicted molar refractivity (Wildman–Crippen MR) is 134 cm³/mol. The van der Waals surface area contributed by atoms with Crippen LogP contribution in [0.3, 0.4) is 0 Å². The number of benzene rings is 2. The van der Waals surface area contributed by atoms with Crippen molar-refractivity contribution >= 4 is 22.3 Å². The quantitative estimate of drug-likeness (QED) is 0.651. The fraction of sp³-hybridized carbons (Fsp3) is 0.407. The van der Waals surface area contributed by atoms with Crippen molar-refractivity contribution in [2.24, 2.45) is 5.73 Å². The minimum absolute atomic E-state index is 0.0508. The van der Waals surface area contributed by atoms with Crippen LogP contribution in [-0.2, 0) is 11.3 Å². The minimum atomic E-state index is 0.0508. The summed E-state index contributed by atoms with van der Waals surface area (Å²) in [6, 6.07) is 18.1. The SMILES string of the molecule is CO[C@@H]1CN(c2ccc3c(c2)CN2C3CN(c3ccc(C#N)c4ncccc34)C[C@H]2C)C[C@@H]1N. The highest BCUT2D eigenvalue weighted by atomic mass is 16.5. The van der Waals surface area contributed by atoms with Gasteiger partial charge < -0.3 is 20.3 Å². The molecule has 0 amide bonds. The Morgan fingerprint density at radius 1 is 1.09 bits per heavy atom. The summed E-state index contributed by atoms with van der Waals surface area (Å²) in [7, 11) is 1.75. The van der Waals surface area contributed by atoms with E-state index in [1.807, 2.05) is 12.1 Å². The third-order valence-corrected chi connectivity index (χ3v) is 7.87. The van der Waals surface area contributed by atoms with Crippen LogP contribution in [0.5, 0.6) is 0 Å². The second-order valence-electron chi connectivity index (χ2n) is 9.81. The fourth-order valence-electron chi connectivity index (χ4n) is 6.09. The second-order valence-corrected chi connectivity index (χ2v) is 9.81. The van der Waals surface area contributed by atoms with Crippen LogP contribution in [0.4, 0.5) is 11.4 Å². The van der Waals surface area contributed by atoms with Gasteiger partial charge in [-0.2, -0.15) is 5.26 Å². The first-order valence-corrected chi connectivity index (χ1v) is 12.0. The van der Waals surface area contributed by atoms with Crippen LogP contribution in [0.25, 0.3) is 10.9 Å². The number of methoxy groups -OCH3 is 1. The van der Waals surface area contributed by atoms with Crippen molar-refractivity contribution < 1.29 is 4.74 Å². The first-order chi connectivity index (χ1) is 16.6. The van der Waals surface area contributed by atoms with Crippen molar-refractivity contribution in [1.29, 1.82) is 5.26 Å². The molecule has 0 aliphatic carbocycles. The van der Waals surface area contributed by atoms with Crippen LogP contribution in [0.2, 0.25) is 0 Å². The standard InChI is InChI=1S/C27H30N6O/c1-17-12-32(24-8-5-18(11-28)27-22(24)4-3-9-30-27)15-25-21-7-6-20(10-19(21)13-33(17)25)31-14-23(29)26(16-31)34-2/h3-10,17,23,25-26H,12-16,29H2,1-2H3/t17-,23+,25?,26-/m1/s1. The highest BCUT2D eigenvalue weighted by Crippen LogP contribution is 2.42. The van der Waals surface area contributed by atoms with Crippen LogP contribution in [0.15, 0.2) is 48.7 Å². The lowest BCUT2D eigenvalue weighted by molar-refractivity contribution is 0.108. The van der Waals surface area contributed by atoms with E-state index in [-0.39, 0.29) is 12.1 Å². The molecule has 174 valence electrons. The Hall–Kier alpha value is -3.18. The molecule has 2 aromatic carbocycles. The van der Waals surface area contributed by atoms with Crippen molar-refractivity contribution in [3.63, 3.8) is 0 Å². The van der Waals surface area contributed by atoms with E-state index in [1.165, 1.54) is 16.8 Å². The molecule has 1 aromatic heterocycles. The maximum absolute atomic E-state index is 9.53. The lowest BCUT2D eigenvalue weighted by Crippen LogP contribution is -2.51. The van der Waals surface area contributed by atoms with E-state index >= 15 is 0 Å². The second kappa shape index (κ2) is 8.24. The van der Waals surface area contributed by atoms with Gasteiger partial charge >= 0.3 is 0 Å². The molecule has 4 heterocycles. The Bertz CT molecular complexity index is 1290. The number of nitrogens with two attached hydrogens (primary N) is 1. The summed E-state index contributed by atoms with van der Waals surface area (Å²) in [6.45, 7) is 6.84. The maximum atomic E-state index is 9.53. The van der Waals surface area contributed by atoms with Crippen LogP contribution in [0, 0.1) is 11.3 Å². The van der Waals surface area contributed by atoms with E-state index in [1.54, 1.807) is 13.3 Å². The van der Waals surface area contributed by atoms with Gasteiger partial charge in [0.25, 0.3) is 0 Å². The summed E-state index contributed by atoms with van der Waals surface area (Å²) >= 11 is 0. The molecule has 3 aromatic rings. The highest BCUT2D eigenvalue weighted by molar-refractivity contribution is 5.95. The van der Waals surface area contributed by atoms with Gasteiger partial charge in [-0.15, -0.1) is 0 Å². The Labute approximate surface area is 200 Å². The van der Waals surface area contributed by atoms with Crippen molar-refractivity contribution in [3.8, 4) is 6.07 Å². The van der Waals surface area contributed by atoms with Crippen molar-refractivity contribution in [2.45, 2.75) is 37.7 Å². The smallest absolute Gasteiger partial charge is 0.101 e. The number of pyridine rings is 1. The first-order valence-electron chi connectivity index (χ1n) is 12.0. The molecule has 7 nitrogen and oxygen atoms in total. The zero-order valence-electron chi connectivity index (χ0n) is 19.7. The van der Waals surface area contributed by atoms with Crippen LogP contribution in [-0.4, -0.2) is 61.4 Å². The molecule has 2 fully saturated rings. The molecule has 3 aliphatic heterocycles. The van der Waals surface area contributed by atoms with E-state index in [2.05, 4.69) is 63.0 Å². The number of nitriles is 1. The van der Waals surface area contributed by atoms with Crippen molar-refractivity contribution in [1.82, 2.24) is 9.88 Å². The molecule has 0 saturated carbocycles. The van der Waals surface area contributed by atoms with Crippen molar-refractivity contribution in [3.05, 3.63) is 65.4 Å².